The summed E-state index contributed by atoms with van der Waals surface area (Å²) in [7, 11) is 0. The van der Waals surface area contributed by atoms with Crippen LogP contribution in [-0.2, 0) is 0 Å². The molecule has 17 heavy (non-hydrogen) atoms. The Morgan fingerprint density at radius 1 is 1.53 bits per heavy atom. The summed E-state index contributed by atoms with van der Waals surface area (Å²) in [4.78, 5) is 11.7. The molecule has 0 radical (unpaired) electrons. The van der Waals surface area contributed by atoms with Crippen LogP contribution in [0.4, 0.5) is 4.39 Å². The molecule has 90 valence electrons. The van der Waals surface area contributed by atoms with Gasteiger partial charge in [0.2, 0.25) is 0 Å². The van der Waals surface area contributed by atoms with E-state index in [1.807, 2.05) is 19.9 Å². The van der Waals surface area contributed by atoms with E-state index < -0.39 is 17.8 Å². The number of carbonyl (C=O) groups is 1. The maximum atomic E-state index is 13.1. The highest BCUT2D eigenvalue weighted by atomic mass is 35.5. The molecule has 1 aromatic rings. The normalized spacial score (nSPS) is 12.0. The fourth-order valence-electron chi connectivity index (χ4n) is 1.21. The number of benzene rings is 1. The second kappa shape index (κ2) is 5.65. The fraction of sp³-hybridized carbons (Fsp3) is 0.333. The highest BCUT2D eigenvalue weighted by Crippen LogP contribution is 2.15. The van der Waals surface area contributed by atoms with E-state index >= 15 is 0 Å². The molecule has 0 heterocycles. The molecule has 0 saturated carbocycles. The van der Waals surface area contributed by atoms with Crippen LogP contribution in [0, 0.1) is 23.1 Å². The van der Waals surface area contributed by atoms with E-state index in [2.05, 4.69) is 5.32 Å². The van der Waals surface area contributed by atoms with Crippen molar-refractivity contribution in [3.05, 3.63) is 34.6 Å². The van der Waals surface area contributed by atoms with Crippen molar-refractivity contribution in [2.24, 2.45) is 5.92 Å². The van der Waals surface area contributed by atoms with Crippen molar-refractivity contribution in [1.29, 1.82) is 5.26 Å². The molecule has 0 spiro atoms. The molecule has 0 aliphatic carbocycles. The molecule has 1 rings (SSSR count). The van der Waals surface area contributed by atoms with Crippen LogP contribution in [0.25, 0.3) is 0 Å². The van der Waals surface area contributed by atoms with Gasteiger partial charge in [-0.1, -0.05) is 25.4 Å². The third kappa shape index (κ3) is 3.43. The molecule has 0 fully saturated rings. The van der Waals surface area contributed by atoms with E-state index in [1.165, 1.54) is 12.1 Å². The van der Waals surface area contributed by atoms with Crippen LogP contribution in [0.3, 0.4) is 0 Å². The SMILES string of the molecule is CC(C)C(C#N)NC(=O)c1ccc(Cl)c(F)c1. The Balaban J connectivity index is 2.83. The van der Waals surface area contributed by atoms with Gasteiger partial charge in [-0.05, 0) is 24.1 Å². The number of hydrogen-bond donors (Lipinski definition) is 1. The number of amides is 1. The lowest BCUT2D eigenvalue weighted by atomic mass is 10.1. The number of halogens is 2. The van der Waals surface area contributed by atoms with Gasteiger partial charge in [0.1, 0.15) is 11.9 Å². The molecule has 1 atom stereocenters. The highest BCUT2D eigenvalue weighted by molar-refractivity contribution is 6.30. The molecule has 0 saturated heterocycles. The first-order valence-corrected chi connectivity index (χ1v) is 5.49. The van der Waals surface area contributed by atoms with Gasteiger partial charge in [-0.15, -0.1) is 0 Å². The monoisotopic (exact) mass is 254 g/mol. The van der Waals surface area contributed by atoms with E-state index in [1.54, 1.807) is 0 Å². The van der Waals surface area contributed by atoms with Crippen molar-refractivity contribution < 1.29 is 9.18 Å². The van der Waals surface area contributed by atoms with Gasteiger partial charge >= 0.3 is 0 Å². The maximum absolute atomic E-state index is 13.1. The van der Waals surface area contributed by atoms with Gasteiger partial charge < -0.3 is 5.32 Å². The van der Waals surface area contributed by atoms with Gasteiger partial charge in [0, 0.05) is 5.56 Å². The van der Waals surface area contributed by atoms with Gasteiger partial charge in [0.05, 0.1) is 11.1 Å². The number of rotatable bonds is 3. The van der Waals surface area contributed by atoms with E-state index in [0.717, 1.165) is 6.07 Å². The van der Waals surface area contributed by atoms with E-state index in [0.29, 0.717) is 0 Å². The van der Waals surface area contributed by atoms with Crippen molar-refractivity contribution in [2.45, 2.75) is 19.9 Å². The summed E-state index contributed by atoms with van der Waals surface area (Å²) in [5.74, 6) is -1.15. The first kappa shape index (κ1) is 13.5. The Bertz CT molecular complexity index is 468. The molecule has 1 N–H and O–H groups in total. The standard InChI is InChI=1S/C12H12ClFN2O/c1-7(2)11(6-15)16-12(17)8-3-4-9(13)10(14)5-8/h3-5,7,11H,1-2H3,(H,16,17). The predicted octanol–water partition coefficient (Wildman–Crippen LogP) is 2.76. The lowest BCUT2D eigenvalue weighted by molar-refractivity contribution is 0.0937. The average Bonchev–Trinajstić information content (AvgIpc) is 2.28. The highest BCUT2D eigenvalue weighted by Gasteiger charge is 2.17. The summed E-state index contributed by atoms with van der Waals surface area (Å²) < 4.78 is 13.1. The lowest BCUT2D eigenvalue weighted by Crippen LogP contribution is -2.37. The Morgan fingerprint density at radius 3 is 2.65 bits per heavy atom. The molecular weight excluding hydrogens is 243 g/mol. The molecule has 3 nitrogen and oxygen atoms in total. The van der Waals surface area contributed by atoms with E-state index in [9.17, 15) is 9.18 Å². The van der Waals surface area contributed by atoms with Gasteiger partial charge in [-0.25, -0.2) is 4.39 Å². The zero-order valence-corrected chi connectivity index (χ0v) is 10.3. The number of carbonyl (C=O) groups excluding carboxylic acids is 1. The van der Waals surface area contributed by atoms with Gasteiger partial charge in [0.25, 0.3) is 5.91 Å². The molecule has 0 bridgehead atoms. The van der Waals surface area contributed by atoms with Crippen molar-refractivity contribution in [3.63, 3.8) is 0 Å². The van der Waals surface area contributed by atoms with Crippen LogP contribution in [0.2, 0.25) is 5.02 Å². The minimum atomic E-state index is -0.655. The van der Waals surface area contributed by atoms with E-state index in [4.69, 9.17) is 16.9 Å². The minimum absolute atomic E-state index is 0.0129. The lowest BCUT2D eigenvalue weighted by Gasteiger charge is -2.14. The van der Waals surface area contributed by atoms with Crippen LogP contribution < -0.4 is 5.32 Å². The Morgan fingerprint density at radius 2 is 2.18 bits per heavy atom. The van der Waals surface area contributed by atoms with E-state index in [-0.39, 0.29) is 16.5 Å². The molecule has 1 unspecified atom stereocenters. The third-order valence-corrected chi connectivity index (χ3v) is 2.58. The van der Waals surface area contributed by atoms with Crippen molar-refractivity contribution >= 4 is 17.5 Å². The number of nitrogens with one attached hydrogen (secondary N) is 1. The predicted molar refractivity (Wildman–Crippen MR) is 63.1 cm³/mol. The second-order valence-corrected chi connectivity index (χ2v) is 4.36. The summed E-state index contributed by atoms with van der Waals surface area (Å²) in [6, 6.07) is 5.15. The molecule has 0 aromatic heterocycles. The molecule has 1 amide bonds. The largest absolute Gasteiger partial charge is 0.336 e. The fourth-order valence-corrected chi connectivity index (χ4v) is 1.33. The topological polar surface area (TPSA) is 52.9 Å². The number of nitrogens with zero attached hydrogens (tertiary/aromatic N) is 1. The first-order chi connectivity index (χ1) is 7.95. The number of hydrogen-bond acceptors (Lipinski definition) is 2. The summed E-state index contributed by atoms with van der Waals surface area (Å²) >= 11 is 5.51. The first-order valence-electron chi connectivity index (χ1n) is 5.11. The van der Waals surface area contributed by atoms with Crippen molar-refractivity contribution in [1.82, 2.24) is 5.32 Å². The molecule has 0 aliphatic rings. The van der Waals surface area contributed by atoms with Crippen molar-refractivity contribution in [3.8, 4) is 6.07 Å². The Labute approximate surface area is 104 Å². The average molecular weight is 255 g/mol. The van der Waals surface area contributed by atoms with Crippen LogP contribution in [0.15, 0.2) is 18.2 Å². The summed E-state index contributed by atoms with van der Waals surface area (Å²) in [6.07, 6.45) is 0. The van der Waals surface area contributed by atoms with Gasteiger partial charge in [-0.3, -0.25) is 4.79 Å². The summed E-state index contributed by atoms with van der Waals surface area (Å²) in [5.41, 5.74) is 0.146. The van der Waals surface area contributed by atoms with Crippen LogP contribution in [-0.4, -0.2) is 11.9 Å². The molecule has 1 aromatic carbocycles. The van der Waals surface area contributed by atoms with Crippen LogP contribution in [0.1, 0.15) is 24.2 Å². The zero-order valence-electron chi connectivity index (χ0n) is 9.50. The van der Waals surface area contributed by atoms with Gasteiger partial charge in [0.15, 0.2) is 0 Å². The van der Waals surface area contributed by atoms with Gasteiger partial charge in [-0.2, -0.15) is 5.26 Å². The molecule has 0 aliphatic heterocycles. The molecular formula is C12H12ClFN2O. The second-order valence-electron chi connectivity index (χ2n) is 3.95. The Kier molecular flexibility index (Phi) is 4.47. The quantitative estimate of drug-likeness (QED) is 0.902. The van der Waals surface area contributed by atoms with Crippen LogP contribution >= 0.6 is 11.6 Å². The zero-order chi connectivity index (χ0) is 13.0. The smallest absolute Gasteiger partial charge is 0.252 e. The maximum Gasteiger partial charge on any atom is 0.252 e. The van der Waals surface area contributed by atoms with Crippen LogP contribution in [0.5, 0.6) is 0 Å². The Hall–Kier alpha value is -1.60. The van der Waals surface area contributed by atoms with Crippen molar-refractivity contribution in [2.75, 3.05) is 0 Å². The minimum Gasteiger partial charge on any atom is -0.336 e. The summed E-state index contributed by atoms with van der Waals surface area (Å²) in [5, 5.41) is 11.3. The molecule has 5 heteroatoms. The summed E-state index contributed by atoms with van der Waals surface area (Å²) in [6.45, 7) is 3.63. The third-order valence-electron chi connectivity index (χ3n) is 2.27. The number of nitriles is 1.